The van der Waals surface area contributed by atoms with Crippen molar-refractivity contribution in [3.63, 3.8) is 0 Å². The van der Waals surface area contributed by atoms with Gasteiger partial charge in [-0.25, -0.2) is 0 Å². The molecule has 30 nitrogen and oxygen atoms in total. The fraction of sp³-hybridized carbons (Fsp3) is 0.688. The van der Waals surface area contributed by atoms with Gasteiger partial charge in [-0.05, 0) is 164 Å². The van der Waals surface area contributed by atoms with E-state index in [1.807, 2.05) is 27.7 Å². The molecule has 3 heterocycles. The molecule has 614 valence electrons. The van der Waals surface area contributed by atoms with Crippen molar-refractivity contribution in [2.24, 2.45) is 46.6 Å². The quantitative estimate of drug-likeness (QED) is 0.0438. The number of carbonyl (C=O) groups excluding carboxylic acids is 13. The Labute approximate surface area is 650 Å². The lowest BCUT2D eigenvalue weighted by atomic mass is 9.98. The number of hydrogen-bond donors (Lipinski definition) is 15. The van der Waals surface area contributed by atoms with E-state index in [1.165, 1.54) is 9.80 Å². The molecule has 0 aromatic heterocycles. The van der Waals surface area contributed by atoms with E-state index < -0.39 is 161 Å². The van der Waals surface area contributed by atoms with Crippen molar-refractivity contribution in [1.82, 2.24) is 68.3 Å². The molecule has 0 spiro atoms. The van der Waals surface area contributed by atoms with Crippen LogP contribution in [0.2, 0.25) is 0 Å². The van der Waals surface area contributed by atoms with Crippen LogP contribution < -0.4 is 81.4 Å². The first-order chi connectivity index (χ1) is 52.5. The van der Waals surface area contributed by atoms with E-state index in [0.717, 1.165) is 25.7 Å². The molecule has 13 amide bonds. The Bertz CT molecular complexity index is 3290. The Morgan fingerprint density at radius 3 is 1.31 bits per heavy atom. The van der Waals surface area contributed by atoms with E-state index in [1.54, 1.807) is 88.4 Å². The summed E-state index contributed by atoms with van der Waals surface area (Å²) in [6, 6.07) is 1.09. The van der Waals surface area contributed by atoms with Crippen LogP contribution in [-0.4, -0.2) is 204 Å². The molecule has 3 saturated heterocycles. The van der Waals surface area contributed by atoms with E-state index in [4.69, 9.17) is 22.9 Å². The standard InChI is InChI=1S/C80H131N17O13/c1-10-11-12-13-20-37-66(98)86-56(32-21-23-38-81)70(100)87-57(33-22-24-39-82)69(99)85-55-47-65-76(106)95-68(52(8)9)78(108)89-59(35-26-41-84)72(102)90-60(43-49(2)3)73(103)92-62(45-53-28-16-14-17-29-53)79(109)96-42-27-36-64(96)75(105)94-67(51(6)7)77(107)88-58(34-25-40-83)71(101)91-61(44-50(4)5)74(104)93-63(80(110)97(65)48-55)46-54-30-18-15-19-31-54/h14-19,28-31,49-52,55-65,67-68H,10-13,20-27,32-48,81-84H2,1-9H3,(H,85,99)(H,86,98)(H,87,100)(H,88,107)(H,89,108)(H,90,102)(H,91,101)(H,92,103)(H,93,104)(H,94,105)(H,95,106)/t55-,56-,57-,58-,59-,60-,61-,62+,63+,64-,65-,67-,68-/m0/s1. The molecule has 110 heavy (non-hydrogen) atoms. The number of unbranched alkanes of at least 4 members (excludes halogenated alkanes) is 6. The van der Waals surface area contributed by atoms with Gasteiger partial charge in [-0.3, -0.25) is 62.3 Å². The Hall–Kier alpha value is -8.61. The maximum Gasteiger partial charge on any atom is 0.246 e. The summed E-state index contributed by atoms with van der Waals surface area (Å²) in [5.41, 5.74) is 25.1. The number of nitrogens with two attached hydrogens (primary N) is 4. The second-order valence-corrected chi connectivity index (χ2v) is 31.4. The van der Waals surface area contributed by atoms with Crippen LogP contribution in [0.15, 0.2) is 60.7 Å². The Morgan fingerprint density at radius 1 is 0.445 bits per heavy atom. The second kappa shape index (κ2) is 48.2. The molecule has 0 saturated carbocycles. The number of carbonyl (C=O) groups is 13. The summed E-state index contributed by atoms with van der Waals surface area (Å²) in [6.45, 7) is 16.8. The third-order valence-electron chi connectivity index (χ3n) is 20.4. The lowest BCUT2D eigenvalue weighted by molar-refractivity contribution is -0.143. The number of hydrogen-bond acceptors (Lipinski definition) is 17. The molecule has 3 fully saturated rings. The van der Waals surface area contributed by atoms with Crippen LogP contribution in [0.4, 0.5) is 0 Å². The smallest absolute Gasteiger partial charge is 0.246 e. The molecule has 13 atom stereocenters. The first kappa shape index (κ1) is 92.0. The van der Waals surface area contributed by atoms with E-state index in [0.29, 0.717) is 56.2 Å². The van der Waals surface area contributed by atoms with Crippen LogP contribution in [0.1, 0.15) is 208 Å². The van der Waals surface area contributed by atoms with Gasteiger partial charge >= 0.3 is 0 Å². The van der Waals surface area contributed by atoms with Gasteiger partial charge in [-0.1, -0.05) is 149 Å². The maximum absolute atomic E-state index is 15.9. The molecule has 0 radical (unpaired) electrons. The van der Waals surface area contributed by atoms with Crippen molar-refractivity contribution in [3.8, 4) is 0 Å². The lowest BCUT2D eigenvalue weighted by Crippen LogP contribution is -2.62. The van der Waals surface area contributed by atoms with Crippen LogP contribution >= 0.6 is 0 Å². The number of nitrogens with zero attached hydrogens (tertiary/aromatic N) is 2. The highest BCUT2D eigenvalue weighted by Gasteiger charge is 2.46. The third-order valence-corrected chi connectivity index (χ3v) is 20.4. The zero-order valence-corrected chi connectivity index (χ0v) is 66.6. The van der Waals surface area contributed by atoms with Gasteiger partial charge in [0.1, 0.15) is 72.5 Å². The topological polar surface area (TPSA) is 465 Å². The zero-order chi connectivity index (χ0) is 81.0. The van der Waals surface area contributed by atoms with Gasteiger partial charge in [0.15, 0.2) is 0 Å². The van der Waals surface area contributed by atoms with E-state index >= 15 is 24.0 Å². The van der Waals surface area contributed by atoms with Gasteiger partial charge in [0.05, 0.1) is 0 Å². The van der Waals surface area contributed by atoms with Crippen LogP contribution in [-0.2, 0) is 75.2 Å². The van der Waals surface area contributed by atoms with Gasteiger partial charge in [-0.2, -0.15) is 0 Å². The predicted octanol–water partition coefficient (Wildman–Crippen LogP) is 1.91. The Morgan fingerprint density at radius 2 is 0.864 bits per heavy atom. The monoisotopic (exact) mass is 1540 g/mol. The summed E-state index contributed by atoms with van der Waals surface area (Å²) in [4.78, 5) is 196. The molecule has 30 heteroatoms. The summed E-state index contributed by atoms with van der Waals surface area (Å²) in [5, 5.41) is 31.7. The first-order valence-corrected chi connectivity index (χ1v) is 40.4. The molecular weight excluding hydrogens is 1410 g/mol. The summed E-state index contributed by atoms with van der Waals surface area (Å²) in [6.07, 6.45) is 7.72. The van der Waals surface area contributed by atoms with Crippen molar-refractivity contribution in [3.05, 3.63) is 71.8 Å². The van der Waals surface area contributed by atoms with E-state index in [-0.39, 0.29) is 134 Å². The van der Waals surface area contributed by atoms with Crippen molar-refractivity contribution < 1.29 is 62.3 Å². The summed E-state index contributed by atoms with van der Waals surface area (Å²) in [5.74, 6) is -10.9. The maximum atomic E-state index is 15.9. The van der Waals surface area contributed by atoms with E-state index in [9.17, 15) is 38.4 Å². The van der Waals surface area contributed by atoms with Crippen LogP contribution in [0.25, 0.3) is 0 Å². The van der Waals surface area contributed by atoms with Crippen molar-refractivity contribution in [2.75, 3.05) is 39.3 Å². The largest absolute Gasteiger partial charge is 0.350 e. The van der Waals surface area contributed by atoms with Crippen LogP contribution in [0, 0.1) is 23.7 Å². The van der Waals surface area contributed by atoms with Crippen molar-refractivity contribution in [1.29, 1.82) is 0 Å². The molecule has 0 bridgehead atoms. The van der Waals surface area contributed by atoms with Gasteiger partial charge < -0.3 is 91.2 Å². The Kier molecular flexibility index (Phi) is 40.3. The molecule has 5 rings (SSSR count). The highest BCUT2D eigenvalue weighted by atomic mass is 16.2. The highest BCUT2D eigenvalue weighted by molar-refractivity contribution is 6.00. The fourth-order valence-corrected chi connectivity index (χ4v) is 14.3. The average molecular weight is 1540 g/mol. The van der Waals surface area contributed by atoms with Gasteiger partial charge in [0, 0.05) is 38.4 Å². The number of amides is 13. The summed E-state index contributed by atoms with van der Waals surface area (Å²) in [7, 11) is 0. The van der Waals surface area contributed by atoms with E-state index in [2.05, 4.69) is 65.4 Å². The molecular formula is C80H131N17O13. The highest BCUT2D eigenvalue weighted by Crippen LogP contribution is 2.25. The summed E-state index contributed by atoms with van der Waals surface area (Å²) < 4.78 is 0. The zero-order valence-electron chi connectivity index (χ0n) is 66.6. The minimum atomic E-state index is -1.48. The van der Waals surface area contributed by atoms with Crippen molar-refractivity contribution in [2.45, 2.75) is 289 Å². The average Bonchev–Trinajstić information content (AvgIpc) is 1.64. The fourth-order valence-electron chi connectivity index (χ4n) is 14.3. The van der Waals surface area contributed by atoms with Gasteiger partial charge in [-0.15, -0.1) is 0 Å². The predicted molar refractivity (Wildman–Crippen MR) is 421 cm³/mol. The number of benzene rings is 2. The van der Waals surface area contributed by atoms with Crippen molar-refractivity contribution >= 4 is 76.8 Å². The van der Waals surface area contributed by atoms with Crippen LogP contribution in [0.5, 0.6) is 0 Å². The third kappa shape index (κ3) is 30.2. The Balaban J connectivity index is 1.66. The minimum absolute atomic E-state index is 0.00247. The molecule has 0 aliphatic carbocycles. The number of nitrogens with one attached hydrogen (secondary N) is 11. The number of rotatable bonds is 35. The molecule has 3 aliphatic rings. The van der Waals surface area contributed by atoms with Gasteiger partial charge in [0.2, 0.25) is 76.8 Å². The minimum Gasteiger partial charge on any atom is -0.350 e. The lowest BCUT2D eigenvalue weighted by Gasteiger charge is -2.33. The van der Waals surface area contributed by atoms with Gasteiger partial charge in [0.25, 0.3) is 0 Å². The normalized spacial score (nSPS) is 23.9. The number of fused-ring (bicyclic) bond motifs is 2. The molecule has 2 aromatic carbocycles. The van der Waals surface area contributed by atoms with Crippen LogP contribution in [0.3, 0.4) is 0 Å². The molecule has 0 unspecified atom stereocenters. The molecule has 3 aliphatic heterocycles. The molecule has 19 N–H and O–H groups in total. The second-order valence-electron chi connectivity index (χ2n) is 31.4. The molecule has 2 aromatic rings. The summed E-state index contributed by atoms with van der Waals surface area (Å²) >= 11 is 0. The SMILES string of the molecule is CCCCCCCC(=O)N[C@@H](CCCCN)C(=O)N[C@@H](CCCCN)C(=O)N[C@H]1C[C@H]2C(=O)N[C@@H](C(C)C)C(=O)N[C@@H](CCCN)C(=O)N[C@@H](CC(C)C)C(=O)N[C@H](Cc3ccccc3)C(=O)N3CCC[C@H]3C(=O)N[C@@H](C(C)C)C(=O)N[C@@H](CCCN)C(=O)N[C@@H](CC(C)C)C(=O)N[C@H](Cc3ccccc3)C(=O)N2C1. The first-order valence-electron chi connectivity index (χ1n) is 40.4.